The lowest BCUT2D eigenvalue weighted by atomic mass is 10.4. The molecule has 0 saturated carbocycles. The maximum absolute atomic E-state index is 10.9. The predicted octanol–water partition coefficient (Wildman–Crippen LogP) is 2.56. The molecule has 0 N–H and O–H groups in total. The van der Waals surface area contributed by atoms with Crippen LogP contribution < -0.4 is 0 Å². The summed E-state index contributed by atoms with van der Waals surface area (Å²) in [5.41, 5.74) is 0.287. The van der Waals surface area contributed by atoms with E-state index >= 15 is 0 Å². The Morgan fingerprint density at radius 1 is 1.29 bits per heavy atom. The van der Waals surface area contributed by atoms with E-state index in [1.807, 2.05) is 6.92 Å². The monoisotopic (exact) mass is 286 g/mol. The Kier molecular flexibility index (Phi) is 3.70. The van der Waals surface area contributed by atoms with Gasteiger partial charge in [-0.2, -0.15) is 0 Å². The lowest BCUT2D eigenvalue weighted by molar-refractivity contribution is 0.112. The van der Waals surface area contributed by atoms with Crippen LogP contribution in [-0.2, 0) is 0 Å². The lowest BCUT2D eigenvalue weighted by Crippen LogP contribution is -1.98. The summed E-state index contributed by atoms with van der Waals surface area (Å²) < 4.78 is 0.722. The molecule has 0 unspecified atom stereocenters. The molecule has 0 fully saturated rings. The fourth-order valence-electron chi connectivity index (χ4n) is 1.10. The lowest BCUT2D eigenvalue weighted by Gasteiger charge is -2.03. The quantitative estimate of drug-likeness (QED) is 0.638. The molecule has 0 atom stereocenters. The third-order valence-corrected chi connectivity index (χ3v) is 3.97. The van der Waals surface area contributed by atoms with E-state index in [0.29, 0.717) is 17.1 Å². The number of nitrogens with zero attached hydrogens (tertiary/aromatic N) is 4. The molecule has 2 heterocycles. The second kappa shape index (κ2) is 5.07. The zero-order chi connectivity index (χ0) is 12.4. The van der Waals surface area contributed by atoms with Gasteiger partial charge in [0.1, 0.15) is 21.0 Å². The number of aryl methyl sites for hydroxylation is 2. The Morgan fingerprint density at radius 2 is 2.06 bits per heavy atom. The van der Waals surface area contributed by atoms with Gasteiger partial charge in [0.2, 0.25) is 0 Å². The number of hydrogen-bond acceptors (Lipinski definition) is 7. The van der Waals surface area contributed by atoms with Gasteiger partial charge in [0, 0.05) is 0 Å². The normalized spacial score (nSPS) is 10.5. The summed E-state index contributed by atoms with van der Waals surface area (Å²) in [4.78, 5) is 19.1. The Morgan fingerprint density at radius 3 is 2.65 bits per heavy atom. The number of halogens is 1. The highest BCUT2D eigenvalue weighted by molar-refractivity contribution is 8.01. The van der Waals surface area contributed by atoms with E-state index < -0.39 is 0 Å². The minimum absolute atomic E-state index is 0.163. The van der Waals surface area contributed by atoms with Crippen molar-refractivity contribution in [2.24, 2.45) is 0 Å². The van der Waals surface area contributed by atoms with Crippen molar-refractivity contribution in [3.8, 4) is 0 Å². The zero-order valence-electron chi connectivity index (χ0n) is 8.97. The summed E-state index contributed by atoms with van der Waals surface area (Å²) in [6, 6.07) is 0. The zero-order valence-corrected chi connectivity index (χ0v) is 11.4. The molecule has 0 aliphatic rings. The fourth-order valence-corrected chi connectivity index (χ4v) is 3.28. The van der Waals surface area contributed by atoms with Crippen molar-refractivity contribution in [1.29, 1.82) is 0 Å². The van der Waals surface area contributed by atoms with Crippen molar-refractivity contribution in [3.63, 3.8) is 0 Å². The number of hydrogen-bond donors (Lipinski definition) is 0. The third kappa shape index (κ3) is 2.80. The molecule has 0 radical (unpaired) electrons. The average Bonchev–Trinajstić information content (AvgIpc) is 2.63. The van der Waals surface area contributed by atoms with Crippen LogP contribution in [0.1, 0.15) is 21.2 Å². The van der Waals surface area contributed by atoms with Crippen LogP contribution in [-0.4, -0.2) is 26.5 Å². The number of rotatable bonds is 3. The Labute approximate surface area is 111 Å². The van der Waals surface area contributed by atoms with Crippen molar-refractivity contribution < 1.29 is 4.79 Å². The molecule has 2 rings (SSSR count). The smallest absolute Gasteiger partial charge is 0.180 e. The van der Waals surface area contributed by atoms with Crippen LogP contribution in [0.25, 0.3) is 0 Å². The molecule has 2 aromatic heterocycles. The van der Waals surface area contributed by atoms with Crippen LogP contribution >= 0.6 is 34.7 Å². The first-order chi connectivity index (χ1) is 8.10. The van der Waals surface area contributed by atoms with Crippen molar-refractivity contribution in [2.75, 3.05) is 0 Å². The summed E-state index contributed by atoms with van der Waals surface area (Å²) >= 11 is 8.58. The number of aldehydes is 1. The fraction of sp³-hybridized carbons (Fsp3) is 0.222. The molecule has 0 aliphatic carbocycles. The van der Waals surface area contributed by atoms with Gasteiger partial charge in [-0.1, -0.05) is 22.9 Å². The Hall–Kier alpha value is -1.05. The van der Waals surface area contributed by atoms with Crippen LogP contribution in [0.15, 0.2) is 9.37 Å². The second-order valence-corrected chi connectivity index (χ2v) is 5.86. The molecule has 0 aliphatic heterocycles. The number of aromatic nitrogens is 4. The first kappa shape index (κ1) is 12.4. The van der Waals surface area contributed by atoms with Crippen molar-refractivity contribution >= 4 is 41.0 Å². The van der Waals surface area contributed by atoms with Gasteiger partial charge in [-0.15, -0.1) is 10.2 Å². The third-order valence-electron chi connectivity index (χ3n) is 1.79. The molecule has 8 heteroatoms. The van der Waals surface area contributed by atoms with Crippen LogP contribution in [0.4, 0.5) is 0 Å². The second-order valence-electron chi connectivity index (χ2n) is 3.09. The summed E-state index contributed by atoms with van der Waals surface area (Å²) in [7, 11) is 0. The molecule has 0 spiro atoms. The number of carbonyl (C=O) groups is 1. The standard InChI is InChI=1S/C9H7ClN4OS2/c1-4-11-7(10)6(3-15)8(12-4)17-9-14-13-5(2)16-9/h3H,1-2H3. The van der Waals surface area contributed by atoms with Crippen LogP contribution in [0.2, 0.25) is 5.15 Å². The summed E-state index contributed by atoms with van der Waals surface area (Å²) in [6.45, 7) is 3.58. The van der Waals surface area contributed by atoms with Gasteiger partial charge in [-0.05, 0) is 25.6 Å². The first-order valence-corrected chi connectivity index (χ1v) is 6.58. The molecule has 0 amide bonds. The Bertz CT molecular complexity index is 572. The minimum atomic E-state index is 0.163. The van der Waals surface area contributed by atoms with E-state index in [1.165, 1.54) is 23.1 Å². The largest absolute Gasteiger partial charge is 0.298 e. The first-order valence-electron chi connectivity index (χ1n) is 4.57. The molecule has 88 valence electrons. The topological polar surface area (TPSA) is 68.6 Å². The van der Waals surface area contributed by atoms with E-state index in [2.05, 4.69) is 20.2 Å². The van der Waals surface area contributed by atoms with Crippen LogP contribution in [0, 0.1) is 13.8 Å². The highest BCUT2D eigenvalue weighted by atomic mass is 35.5. The molecule has 5 nitrogen and oxygen atoms in total. The van der Waals surface area contributed by atoms with Crippen molar-refractivity contribution in [3.05, 3.63) is 21.5 Å². The molecule has 2 aromatic rings. The Balaban J connectivity index is 2.41. The van der Waals surface area contributed by atoms with Gasteiger partial charge in [-0.3, -0.25) is 4.79 Å². The summed E-state index contributed by atoms with van der Waals surface area (Å²) in [6.07, 6.45) is 0.651. The van der Waals surface area contributed by atoms with Crippen LogP contribution in [0.3, 0.4) is 0 Å². The molecule has 17 heavy (non-hydrogen) atoms. The summed E-state index contributed by atoms with van der Waals surface area (Å²) in [5, 5.41) is 9.38. The maximum atomic E-state index is 10.9. The average molecular weight is 287 g/mol. The van der Waals surface area contributed by atoms with Gasteiger partial charge < -0.3 is 0 Å². The van der Waals surface area contributed by atoms with E-state index in [-0.39, 0.29) is 10.7 Å². The van der Waals surface area contributed by atoms with E-state index in [0.717, 1.165) is 9.35 Å². The molecular weight excluding hydrogens is 280 g/mol. The predicted molar refractivity (Wildman–Crippen MR) is 65.9 cm³/mol. The van der Waals surface area contributed by atoms with Crippen LogP contribution in [0.5, 0.6) is 0 Å². The van der Waals surface area contributed by atoms with Crippen molar-refractivity contribution in [2.45, 2.75) is 23.2 Å². The van der Waals surface area contributed by atoms with E-state index in [1.54, 1.807) is 6.92 Å². The maximum Gasteiger partial charge on any atom is 0.180 e. The van der Waals surface area contributed by atoms with Gasteiger partial charge in [0.15, 0.2) is 10.6 Å². The minimum Gasteiger partial charge on any atom is -0.298 e. The molecule has 0 bridgehead atoms. The number of carbonyl (C=O) groups excluding carboxylic acids is 1. The molecule has 0 aromatic carbocycles. The van der Waals surface area contributed by atoms with Gasteiger partial charge in [-0.25, -0.2) is 9.97 Å². The van der Waals surface area contributed by atoms with Gasteiger partial charge in [0.25, 0.3) is 0 Å². The summed E-state index contributed by atoms with van der Waals surface area (Å²) in [5.74, 6) is 0.518. The van der Waals surface area contributed by atoms with Gasteiger partial charge >= 0.3 is 0 Å². The van der Waals surface area contributed by atoms with E-state index in [9.17, 15) is 4.79 Å². The highest BCUT2D eigenvalue weighted by Crippen LogP contribution is 2.32. The molecular formula is C9H7ClN4OS2. The SMILES string of the molecule is Cc1nc(Cl)c(C=O)c(Sc2nnc(C)s2)n1. The highest BCUT2D eigenvalue weighted by Gasteiger charge is 2.14. The van der Waals surface area contributed by atoms with Gasteiger partial charge in [0.05, 0.1) is 5.56 Å². The van der Waals surface area contributed by atoms with E-state index in [4.69, 9.17) is 11.6 Å². The van der Waals surface area contributed by atoms with Crippen molar-refractivity contribution in [1.82, 2.24) is 20.2 Å². The molecule has 0 saturated heterocycles.